The third kappa shape index (κ3) is 5.34. The molecule has 0 radical (unpaired) electrons. The van der Waals surface area contributed by atoms with Gasteiger partial charge in [-0.15, -0.1) is 0 Å². The van der Waals surface area contributed by atoms with E-state index in [1.165, 1.54) is 59.5 Å². The molecule has 0 amide bonds. The van der Waals surface area contributed by atoms with Crippen LogP contribution in [0.2, 0.25) is 0 Å². The lowest BCUT2D eigenvalue weighted by atomic mass is 9.89. The summed E-state index contributed by atoms with van der Waals surface area (Å²) in [5, 5.41) is 12.1. The van der Waals surface area contributed by atoms with Crippen LogP contribution in [0.4, 0.5) is 0 Å². The van der Waals surface area contributed by atoms with Gasteiger partial charge >= 0.3 is 0 Å². The standard InChI is InChI=1S/C55H34N4/c1-3-16-35(17-4-1)53-56-54(38-19-15-18-36(32-38)37-30-31-51-47(33-37)44-26-13-14-29-50(44)59(51)39-20-5-2-6-21-39)58-55(57-53)49-34-48-42-24-8-7-22-40(42)41-23-9-11-27-45(41)52(48)46-28-12-10-25-43(46)49/h1-34H. The van der Waals surface area contributed by atoms with Gasteiger partial charge in [0.2, 0.25) is 0 Å². The van der Waals surface area contributed by atoms with Gasteiger partial charge in [-0.25, -0.2) is 15.0 Å². The molecule has 4 nitrogen and oxygen atoms in total. The lowest BCUT2D eigenvalue weighted by Crippen LogP contribution is -2.01. The third-order valence-electron chi connectivity index (χ3n) is 11.8. The predicted octanol–water partition coefficient (Wildman–Crippen LogP) is 14.2. The smallest absolute Gasteiger partial charge is 0.164 e. The van der Waals surface area contributed by atoms with Crippen LogP contribution in [0.3, 0.4) is 0 Å². The van der Waals surface area contributed by atoms with Gasteiger partial charge in [-0.3, -0.25) is 0 Å². The Balaban J connectivity index is 1.07. The summed E-state index contributed by atoms with van der Waals surface area (Å²) in [7, 11) is 0. The van der Waals surface area contributed by atoms with E-state index in [2.05, 4.69) is 193 Å². The fourth-order valence-corrected chi connectivity index (χ4v) is 9.14. The summed E-state index contributed by atoms with van der Waals surface area (Å²) in [5.74, 6) is 1.91. The number of nitrogens with zero attached hydrogens (tertiary/aromatic N) is 4. The molecule has 0 aliphatic rings. The summed E-state index contributed by atoms with van der Waals surface area (Å²) in [5.41, 5.74) is 8.58. The van der Waals surface area contributed by atoms with E-state index in [4.69, 9.17) is 15.0 Å². The highest BCUT2D eigenvalue weighted by molar-refractivity contribution is 6.32. The Labute approximate surface area is 340 Å². The molecule has 274 valence electrons. The molecule has 0 atom stereocenters. The summed E-state index contributed by atoms with van der Waals surface area (Å²) in [4.78, 5) is 15.8. The Morgan fingerprint density at radius 3 is 1.51 bits per heavy atom. The first-order valence-electron chi connectivity index (χ1n) is 20.0. The van der Waals surface area contributed by atoms with Crippen molar-refractivity contribution in [3.05, 3.63) is 206 Å². The van der Waals surface area contributed by atoms with Gasteiger partial charge < -0.3 is 4.57 Å². The van der Waals surface area contributed by atoms with Gasteiger partial charge in [0.15, 0.2) is 17.5 Å². The molecule has 2 heterocycles. The van der Waals surface area contributed by atoms with Gasteiger partial charge in [-0.1, -0.05) is 164 Å². The highest BCUT2D eigenvalue weighted by Gasteiger charge is 2.19. The second kappa shape index (κ2) is 13.3. The molecule has 0 saturated carbocycles. The van der Waals surface area contributed by atoms with Crippen molar-refractivity contribution >= 4 is 64.9 Å². The lowest BCUT2D eigenvalue weighted by Gasteiger charge is -2.16. The van der Waals surface area contributed by atoms with Crippen LogP contribution < -0.4 is 0 Å². The molecule has 0 fully saturated rings. The third-order valence-corrected chi connectivity index (χ3v) is 11.8. The van der Waals surface area contributed by atoms with Gasteiger partial charge in [0.1, 0.15) is 0 Å². The van der Waals surface area contributed by atoms with Gasteiger partial charge in [-0.05, 0) is 96.7 Å². The molecular weight excluding hydrogens is 717 g/mol. The number of hydrogen-bond acceptors (Lipinski definition) is 3. The highest BCUT2D eigenvalue weighted by atomic mass is 15.0. The van der Waals surface area contributed by atoms with Crippen LogP contribution in [0.5, 0.6) is 0 Å². The summed E-state index contributed by atoms with van der Waals surface area (Å²) in [6.45, 7) is 0. The van der Waals surface area contributed by atoms with E-state index >= 15 is 0 Å². The molecule has 2 aromatic heterocycles. The number of fused-ring (bicyclic) bond motifs is 11. The first-order chi connectivity index (χ1) is 29.3. The minimum atomic E-state index is 0.630. The van der Waals surface area contributed by atoms with Crippen LogP contribution >= 0.6 is 0 Å². The summed E-state index contributed by atoms with van der Waals surface area (Å²) in [6.07, 6.45) is 0. The van der Waals surface area contributed by atoms with E-state index in [9.17, 15) is 0 Å². The van der Waals surface area contributed by atoms with Crippen molar-refractivity contribution in [2.45, 2.75) is 0 Å². The Kier molecular flexibility index (Phi) is 7.50. The monoisotopic (exact) mass is 750 g/mol. The Morgan fingerprint density at radius 1 is 0.271 bits per heavy atom. The van der Waals surface area contributed by atoms with E-state index in [1.54, 1.807) is 0 Å². The molecule has 0 spiro atoms. The zero-order chi connectivity index (χ0) is 38.9. The normalized spacial score (nSPS) is 11.7. The number of rotatable bonds is 5. The fraction of sp³-hybridized carbons (Fsp3) is 0. The van der Waals surface area contributed by atoms with Gasteiger partial charge in [0.25, 0.3) is 0 Å². The molecule has 0 bridgehead atoms. The molecule has 0 N–H and O–H groups in total. The number of benzene rings is 10. The maximum absolute atomic E-state index is 5.34. The van der Waals surface area contributed by atoms with Crippen LogP contribution in [0.1, 0.15) is 0 Å². The molecule has 59 heavy (non-hydrogen) atoms. The average molecular weight is 751 g/mol. The molecule has 0 unspecified atom stereocenters. The number of hydrogen-bond donors (Lipinski definition) is 0. The zero-order valence-corrected chi connectivity index (χ0v) is 31.9. The minimum Gasteiger partial charge on any atom is -0.309 e. The molecule has 12 rings (SSSR count). The van der Waals surface area contributed by atoms with Gasteiger partial charge in [0, 0.05) is 33.2 Å². The van der Waals surface area contributed by atoms with Crippen molar-refractivity contribution in [1.82, 2.24) is 19.5 Å². The van der Waals surface area contributed by atoms with Crippen molar-refractivity contribution < 1.29 is 0 Å². The van der Waals surface area contributed by atoms with Crippen LogP contribution in [-0.4, -0.2) is 19.5 Å². The quantitative estimate of drug-likeness (QED) is 0.165. The Hall–Kier alpha value is -7.95. The maximum Gasteiger partial charge on any atom is 0.164 e. The molecular formula is C55H34N4. The first kappa shape index (κ1) is 33.2. The maximum atomic E-state index is 5.34. The molecule has 4 heteroatoms. The second-order valence-corrected chi connectivity index (χ2v) is 15.2. The molecule has 0 aliphatic heterocycles. The predicted molar refractivity (Wildman–Crippen MR) is 246 cm³/mol. The highest BCUT2D eigenvalue weighted by Crippen LogP contribution is 2.43. The fourth-order valence-electron chi connectivity index (χ4n) is 9.14. The van der Waals surface area contributed by atoms with Crippen molar-refractivity contribution in [1.29, 1.82) is 0 Å². The largest absolute Gasteiger partial charge is 0.309 e. The topological polar surface area (TPSA) is 43.6 Å². The number of para-hydroxylation sites is 2. The van der Waals surface area contributed by atoms with Gasteiger partial charge in [-0.2, -0.15) is 0 Å². The SMILES string of the molecule is c1ccc(-c2nc(-c3cccc(-c4ccc5c(c4)c4ccccc4n5-c4ccccc4)c3)nc(-c3cc4c5ccccc5c5ccccc5c4c4ccccc34)n2)cc1. The van der Waals surface area contributed by atoms with E-state index in [1.807, 2.05) is 18.2 Å². The Morgan fingerprint density at radius 2 is 0.763 bits per heavy atom. The molecule has 0 aliphatic carbocycles. The summed E-state index contributed by atoms with van der Waals surface area (Å²) >= 11 is 0. The number of aromatic nitrogens is 4. The minimum absolute atomic E-state index is 0.630. The summed E-state index contributed by atoms with van der Waals surface area (Å²) < 4.78 is 2.35. The molecule has 0 saturated heterocycles. The van der Waals surface area contributed by atoms with Crippen molar-refractivity contribution in [3.63, 3.8) is 0 Å². The zero-order valence-electron chi connectivity index (χ0n) is 31.9. The van der Waals surface area contributed by atoms with Crippen molar-refractivity contribution in [3.8, 4) is 51.0 Å². The van der Waals surface area contributed by atoms with Crippen LogP contribution in [0.15, 0.2) is 206 Å². The van der Waals surface area contributed by atoms with Gasteiger partial charge in [0.05, 0.1) is 11.0 Å². The lowest BCUT2D eigenvalue weighted by molar-refractivity contribution is 1.08. The van der Waals surface area contributed by atoms with E-state index < -0.39 is 0 Å². The van der Waals surface area contributed by atoms with E-state index in [-0.39, 0.29) is 0 Å². The molecule has 10 aromatic carbocycles. The van der Waals surface area contributed by atoms with Crippen LogP contribution in [0, 0.1) is 0 Å². The molecule has 12 aromatic rings. The van der Waals surface area contributed by atoms with E-state index in [0.29, 0.717) is 17.5 Å². The average Bonchev–Trinajstić information content (AvgIpc) is 3.65. The second-order valence-electron chi connectivity index (χ2n) is 15.2. The first-order valence-corrected chi connectivity index (χ1v) is 20.0. The van der Waals surface area contributed by atoms with E-state index in [0.717, 1.165) is 38.9 Å². The van der Waals surface area contributed by atoms with Crippen molar-refractivity contribution in [2.24, 2.45) is 0 Å². The summed E-state index contributed by atoms with van der Waals surface area (Å²) in [6, 6.07) is 73.3. The Bertz CT molecular complexity index is 3610. The van der Waals surface area contributed by atoms with Crippen LogP contribution in [0.25, 0.3) is 116 Å². The van der Waals surface area contributed by atoms with Crippen LogP contribution in [-0.2, 0) is 0 Å². The van der Waals surface area contributed by atoms with Crippen molar-refractivity contribution in [2.75, 3.05) is 0 Å².